The summed E-state index contributed by atoms with van der Waals surface area (Å²) in [6.45, 7) is 5.19. The lowest BCUT2D eigenvalue weighted by molar-refractivity contribution is -0.0519. The van der Waals surface area contributed by atoms with Gasteiger partial charge in [0.15, 0.2) is 6.29 Å². The molecular formula is C14H24N2O4S. The van der Waals surface area contributed by atoms with Gasteiger partial charge in [-0.1, -0.05) is 38.0 Å². The van der Waals surface area contributed by atoms with Crippen molar-refractivity contribution in [1.29, 1.82) is 0 Å². The van der Waals surface area contributed by atoms with Crippen LogP contribution in [0.15, 0.2) is 6.20 Å². The predicted octanol–water partition coefficient (Wildman–Crippen LogP) is 1.78. The van der Waals surface area contributed by atoms with Crippen molar-refractivity contribution in [3.63, 3.8) is 0 Å². The quantitative estimate of drug-likeness (QED) is 0.452. The predicted molar refractivity (Wildman–Crippen MR) is 81.5 cm³/mol. The van der Waals surface area contributed by atoms with Crippen molar-refractivity contribution in [3.8, 4) is 5.19 Å². The summed E-state index contributed by atoms with van der Waals surface area (Å²) in [5.41, 5.74) is 0. The van der Waals surface area contributed by atoms with Crippen LogP contribution in [0.5, 0.6) is 5.19 Å². The largest absolute Gasteiger partial charge is 0.470 e. The van der Waals surface area contributed by atoms with Gasteiger partial charge in [-0.2, -0.15) is 0 Å². The highest BCUT2D eigenvalue weighted by molar-refractivity contribution is 7.15. The summed E-state index contributed by atoms with van der Waals surface area (Å²) in [6.07, 6.45) is 3.44. The van der Waals surface area contributed by atoms with Crippen molar-refractivity contribution in [3.05, 3.63) is 11.1 Å². The van der Waals surface area contributed by atoms with Crippen LogP contribution in [0.4, 0.5) is 0 Å². The highest BCUT2D eigenvalue weighted by Gasteiger charge is 2.11. The van der Waals surface area contributed by atoms with Gasteiger partial charge in [0.1, 0.15) is 4.88 Å². The normalized spacial score (nSPS) is 11.1. The van der Waals surface area contributed by atoms with Crippen molar-refractivity contribution < 1.29 is 19.7 Å². The van der Waals surface area contributed by atoms with Crippen molar-refractivity contribution in [2.75, 3.05) is 13.2 Å². The molecule has 21 heavy (non-hydrogen) atoms. The third-order valence-corrected chi connectivity index (χ3v) is 3.71. The first kappa shape index (κ1) is 17.9. The molecule has 0 aliphatic carbocycles. The molecule has 0 saturated carbocycles. The molecule has 1 amide bonds. The lowest BCUT2D eigenvalue weighted by Gasteiger charge is -2.05. The molecule has 0 saturated heterocycles. The van der Waals surface area contributed by atoms with Crippen LogP contribution in [0.2, 0.25) is 0 Å². The maximum absolute atomic E-state index is 11.9. The maximum atomic E-state index is 11.9. The fraction of sp³-hybridized carbons (Fsp3) is 0.714. The van der Waals surface area contributed by atoms with Gasteiger partial charge in [0, 0.05) is 13.0 Å². The molecule has 3 N–H and O–H groups in total. The number of aliphatic hydroxyl groups is 2. The van der Waals surface area contributed by atoms with Gasteiger partial charge in [0.2, 0.25) is 0 Å². The number of amides is 1. The number of hydrogen-bond donors (Lipinski definition) is 3. The highest BCUT2D eigenvalue weighted by Crippen LogP contribution is 2.20. The number of thiazole rings is 1. The second-order valence-electron chi connectivity index (χ2n) is 5.25. The molecule has 0 atom stereocenters. The van der Waals surface area contributed by atoms with E-state index < -0.39 is 6.29 Å². The van der Waals surface area contributed by atoms with Gasteiger partial charge in [-0.3, -0.25) is 4.79 Å². The summed E-state index contributed by atoms with van der Waals surface area (Å²) in [6, 6.07) is 0. The average molecular weight is 316 g/mol. The molecule has 1 aromatic rings. The number of rotatable bonds is 10. The minimum atomic E-state index is -1.39. The molecule has 0 radical (unpaired) electrons. The molecule has 0 unspecified atom stereocenters. The van der Waals surface area contributed by atoms with Crippen molar-refractivity contribution in [1.82, 2.24) is 10.3 Å². The van der Waals surface area contributed by atoms with E-state index in [2.05, 4.69) is 24.1 Å². The zero-order chi connectivity index (χ0) is 15.7. The van der Waals surface area contributed by atoms with Crippen LogP contribution in [-0.2, 0) is 0 Å². The van der Waals surface area contributed by atoms with Crippen LogP contribution >= 0.6 is 11.3 Å². The summed E-state index contributed by atoms with van der Waals surface area (Å²) in [4.78, 5) is 16.3. The van der Waals surface area contributed by atoms with Crippen molar-refractivity contribution in [2.24, 2.45) is 5.92 Å². The van der Waals surface area contributed by atoms with E-state index in [1.807, 2.05) is 0 Å². The lowest BCUT2D eigenvalue weighted by atomic mass is 10.1. The Morgan fingerprint density at radius 3 is 2.81 bits per heavy atom. The first-order valence-corrected chi connectivity index (χ1v) is 8.03. The number of carbonyl (C=O) groups is 1. The van der Waals surface area contributed by atoms with Crippen molar-refractivity contribution in [2.45, 2.75) is 45.8 Å². The van der Waals surface area contributed by atoms with E-state index >= 15 is 0 Å². The van der Waals surface area contributed by atoms with Crippen LogP contribution in [0.3, 0.4) is 0 Å². The smallest absolute Gasteiger partial charge is 0.273 e. The molecule has 0 spiro atoms. The zero-order valence-electron chi connectivity index (χ0n) is 12.5. The first-order valence-electron chi connectivity index (χ1n) is 7.22. The van der Waals surface area contributed by atoms with Crippen LogP contribution in [-0.4, -0.2) is 40.5 Å². The van der Waals surface area contributed by atoms with Crippen molar-refractivity contribution >= 4 is 17.2 Å². The SMILES string of the molecule is CC(C)CCCCNC(=O)c1cnc(OCCC(O)O)s1. The molecule has 1 rings (SSSR count). The Bertz CT molecular complexity index is 421. The van der Waals surface area contributed by atoms with E-state index in [0.717, 1.165) is 24.2 Å². The molecule has 1 aromatic heterocycles. The summed E-state index contributed by atoms with van der Waals surface area (Å²) in [5.74, 6) is 0.549. The molecule has 1 heterocycles. The number of carbonyl (C=O) groups excluding carboxylic acids is 1. The molecule has 0 aliphatic rings. The number of hydrogen-bond acceptors (Lipinski definition) is 6. The Hall–Kier alpha value is -1.18. The van der Waals surface area contributed by atoms with Gasteiger partial charge in [0.05, 0.1) is 12.8 Å². The molecule has 120 valence electrons. The Kier molecular flexibility index (Phi) is 8.26. The molecule has 7 heteroatoms. The van der Waals surface area contributed by atoms with Crippen LogP contribution in [0, 0.1) is 5.92 Å². The third-order valence-electron chi connectivity index (χ3n) is 2.80. The summed E-state index contributed by atoms with van der Waals surface area (Å²) >= 11 is 1.15. The number of aliphatic hydroxyl groups excluding tert-OH is 1. The average Bonchev–Trinajstić information content (AvgIpc) is 2.86. The standard InChI is InChI=1S/C14H24N2O4S/c1-10(2)5-3-4-7-15-13(19)11-9-16-14(21-11)20-8-6-12(17)18/h9-10,12,17-18H,3-8H2,1-2H3,(H,15,19). The monoisotopic (exact) mass is 316 g/mol. The van der Waals surface area contributed by atoms with Gasteiger partial charge < -0.3 is 20.3 Å². The number of ether oxygens (including phenoxy) is 1. The number of aromatic nitrogens is 1. The van der Waals surface area contributed by atoms with Crippen LogP contribution in [0.1, 0.15) is 49.2 Å². The zero-order valence-corrected chi connectivity index (χ0v) is 13.4. The minimum Gasteiger partial charge on any atom is -0.470 e. The molecular weight excluding hydrogens is 292 g/mol. The Morgan fingerprint density at radius 1 is 1.38 bits per heavy atom. The minimum absolute atomic E-state index is 0.108. The van der Waals surface area contributed by atoms with Crippen LogP contribution in [0.25, 0.3) is 0 Å². The Balaban J connectivity index is 2.23. The topological polar surface area (TPSA) is 91.7 Å². The van der Waals surface area contributed by atoms with Gasteiger partial charge in [-0.05, 0) is 12.3 Å². The van der Waals surface area contributed by atoms with Gasteiger partial charge in [0.25, 0.3) is 11.1 Å². The first-order chi connectivity index (χ1) is 9.99. The number of unbranched alkanes of at least 4 members (excludes halogenated alkanes) is 1. The van der Waals surface area contributed by atoms with Gasteiger partial charge in [-0.15, -0.1) is 0 Å². The highest BCUT2D eigenvalue weighted by atomic mass is 32.1. The second-order valence-corrected chi connectivity index (χ2v) is 6.25. The maximum Gasteiger partial charge on any atom is 0.273 e. The Morgan fingerprint density at radius 2 is 2.14 bits per heavy atom. The molecule has 6 nitrogen and oxygen atoms in total. The van der Waals surface area contributed by atoms with Gasteiger partial charge in [-0.25, -0.2) is 4.98 Å². The Labute approximate surface area is 129 Å². The van der Waals surface area contributed by atoms with E-state index in [4.69, 9.17) is 14.9 Å². The molecule has 0 aromatic carbocycles. The van der Waals surface area contributed by atoms with Crippen LogP contribution < -0.4 is 10.1 Å². The summed E-state index contributed by atoms with van der Waals surface area (Å²) in [7, 11) is 0. The van der Waals surface area contributed by atoms with E-state index in [0.29, 0.717) is 22.5 Å². The molecule has 0 aliphatic heterocycles. The lowest BCUT2D eigenvalue weighted by Crippen LogP contribution is -2.23. The van der Waals surface area contributed by atoms with E-state index in [1.54, 1.807) is 0 Å². The summed E-state index contributed by atoms with van der Waals surface area (Å²) in [5, 5.41) is 20.6. The second kappa shape index (κ2) is 9.70. The van der Waals surface area contributed by atoms with E-state index in [1.165, 1.54) is 12.6 Å². The molecule has 0 bridgehead atoms. The summed E-state index contributed by atoms with van der Waals surface area (Å²) < 4.78 is 5.22. The third kappa shape index (κ3) is 7.99. The number of nitrogens with one attached hydrogen (secondary N) is 1. The fourth-order valence-corrected chi connectivity index (χ4v) is 2.35. The van der Waals surface area contributed by atoms with E-state index in [9.17, 15) is 4.79 Å². The van der Waals surface area contributed by atoms with Gasteiger partial charge >= 0.3 is 0 Å². The van der Waals surface area contributed by atoms with E-state index in [-0.39, 0.29) is 18.9 Å². The molecule has 0 fully saturated rings. The fourth-order valence-electron chi connectivity index (χ4n) is 1.65. The number of nitrogens with zero attached hydrogens (tertiary/aromatic N) is 1.